The highest BCUT2D eigenvalue weighted by Gasteiger charge is 2.44. The molecule has 1 heterocycles. The number of halogens is 3. The summed E-state index contributed by atoms with van der Waals surface area (Å²) >= 11 is 0. The van der Waals surface area contributed by atoms with Gasteiger partial charge in [-0.05, 0) is 11.6 Å². The van der Waals surface area contributed by atoms with Crippen LogP contribution in [0.4, 0.5) is 13.2 Å². The van der Waals surface area contributed by atoms with E-state index in [0.29, 0.717) is 6.42 Å². The second kappa shape index (κ2) is 6.98. The Bertz CT molecular complexity index is 785. The van der Waals surface area contributed by atoms with E-state index in [1.54, 1.807) is 0 Å². The average Bonchev–Trinajstić information content (AvgIpc) is 2.80. The number of para-hydroxylation sites is 1. The first-order chi connectivity index (χ1) is 10.4. The number of H-pyrrole nitrogens is 1. The third-order valence-corrected chi connectivity index (χ3v) is 3.31. The van der Waals surface area contributed by atoms with Gasteiger partial charge in [-0.2, -0.15) is 21.6 Å². The lowest BCUT2D eigenvalue weighted by Crippen LogP contribution is -2.32. The molecule has 0 bridgehead atoms. The molecule has 0 saturated carbocycles. The lowest BCUT2D eigenvalue weighted by molar-refractivity contribution is -0.138. The highest BCUT2D eigenvalue weighted by atomic mass is 32.2. The fraction of sp³-hybridized carbons (Fsp3) is 0.250. The first-order valence-electron chi connectivity index (χ1n) is 6.00. The zero-order chi connectivity index (χ0) is 17.8. The molecule has 0 aliphatic rings. The molecule has 0 aliphatic carbocycles. The van der Waals surface area contributed by atoms with Crippen LogP contribution in [0.25, 0.3) is 10.9 Å². The van der Waals surface area contributed by atoms with Crippen LogP contribution >= 0.6 is 0 Å². The molecule has 0 fully saturated rings. The molecule has 0 amide bonds. The molecule has 0 spiro atoms. The van der Waals surface area contributed by atoms with Crippen LogP contribution in [-0.4, -0.2) is 40.6 Å². The summed E-state index contributed by atoms with van der Waals surface area (Å²) in [5, 5.41) is 9.75. The Hall–Kier alpha value is -2.11. The number of aliphatic carboxylic acids is 1. The number of nitrogens with two attached hydrogens (primary N) is 1. The predicted octanol–water partition coefficient (Wildman–Crippen LogP) is 1.52. The fourth-order valence-electron chi connectivity index (χ4n) is 1.62. The third kappa shape index (κ3) is 5.23. The topological polar surface area (TPSA) is 133 Å². The number of hydrogen-bond donors (Lipinski definition) is 4. The van der Waals surface area contributed by atoms with E-state index in [0.717, 1.165) is 16.5 Å². The summed E-state index contributed by atoms with van der Waals surface area (Å²) < 4.78 is 57.5. The van der Waals surface area contributed by atoms with Gasteiger partial charge in [-0.25, -0.2) is 0 Å². The summed E-state index contributed by atoms with van der Waals surface area (Å²) in [5.41, 5.74) is 1.90. The zero-order valence-corrected chi connectivity index (χ0v) is 12.2. The van der Waals surface area contributed by atoms with Crippen LogP contribution in [0.3, 0.4) is 0 Å². The smallest absolute Gasteiger partial charge is 0.480 e. The number of carboxylic acids is 1. The Labute approximate surface area is 128 Å². The maximum Gasteiger partial charge on any atom is 0.522 e. The number of aromatic amines is 1. The number of hydrogen-bond acceptors (Lipinski definition) is 4. The maximum absolute atomic E-state index is 10.7. The number of rotatable bonds is 3. The van der Waals surface area contributed by atoms with Gasteiger partial charge < -0.3 is 15.8 Å². The Balaban J connectivity index is 0.000000284. The molecule has 1 aromatic carbocycles. The number of aromatic nitrogens is 1. The minimum Gasteiger partial charge on any atom is -0.480 e. The van der Waals surface area contributed by atoms with Crippen LogP contribution in [0, 0.1) is 0 Å². The minimum atomic E-state index is -5.84. The Kier molecular flexibility index (Phi) is 5.75. The summed E-state index contributed by atoms with van der Waals surface area (Å²) in [6.07, 6.45) is 2.16. The molecule has 2 rings (SSSR count). The number of nitrogens with one attached hydrogen (secondary N) is 1. The summed E-state index contributed by atoms with van der Waals surface area (Å²) in [4.78, 5) is 13.7. The van der Waals surface area contributed by atoms with E-state index in [4.69, 9.17) is 23.8 Å². The van der Waals surface area contributed by atoms with Crippen LogP contribution in [0.5, 0.6) is 0 Å². The van der Waals surface area contributed by atoms with Crippen LogP contribution in [0.2, 0.25) is 0 Å². The van der Waals surface area contributed by atoms with Gasteiger partial charge in [0.25, 0.3) is 0 Å². The number of alkyl halides is 3. The van der Waals surface area contributed by atoms with Crippen molar-refractivity contribution in [2.24, 2.45) is 5.73 Å². The summed E-state index contributed by atoms with van der Waals surface area (Å²) in [7, 11) is -5.84. The summed E-state index contributed by atoms with van der Waals surface area (Å²) in [6.45, 7) is 0. The van der Waals surface area contributed by atoms with Crippen molar-refractivity contribution >= 4 is 27.0 Å². The fourth-order valence-corrected chi connectivity index (χ4v) is 1.62. The van der Waals surface area contributed by atoms with Gasteiger partial charge in [0.2, 0.25) is 0 Å². The quantitative estimate of drug-likeness (QED) is 0.488. The number of carboxylic acid groups (broad SMARTS) is 1. The molecule has 0 aliphatic heterocycles. The Morgan fingerprint density at radius 2 is 1.83 bits per heavy atom. The molecule has 1 aromatic heterocycles. The largest absolute Gasteiger partial charge is 0.522 e. The van der Waals surface area contributed by atoms with Crippen LogP contribution in [0.15, 0.2) is 30.5 Å². The van der Waals surface area contributed by atoms with E-state index in [2.05, 4.69) is 4.98 Å². The van der Waals surface area contributed by atoms with Gasteiger partial charge in [0.1, 0.15) is 6.04 Å². The molecule has 0 radical (unpaired) electrons. The number of fused-ring (bicyclic) bond motifs is 1. The number of benzene rings is 1. The standard InChI is InChI=1S/C11H12N2O2.CHF3O3S/c12-9(11(14)15)5-7-6-13-10-4-2-1-3-8(7)10;2-1(3,4)8(5,6)7/h1-4,6,9,13H,5,12H2,(H,14,15);(H,5,6,7)/t9-;/m0./s1. The van der Waals surface area contributed by atoms with Gasteiger partial charge in [-0.3, -0.25) is 9.35 Å². The van der Waals surface area contributed by atoms with Crippen LogP contribution in [-0.2, 0) is 21.3 Å². The summed E-state index contributed by atoms with van der Waals surface area (Å²) in [5.74, 6) is -0.972. The molecular formula is C12H13F3N2O5S. The second-order valence-electron chi connectivity index (χ2n) is 4.43. The van der Waals surface area contributed by atoms with Gasteiger partial charge in [0.05, 0.1) is 0 Å². The van der Waals surface area contributed by atoms with E-state index in [9.17, 15) is 18.0 Å². The number of carbonyl (C=O) groups is 1. The lowest BCUT2D eigenvalue weighted by Gasteiger charge is -2.04. The van der Waals surface area contributed by atoms with Crippen LogP contribution in [0.1, 0.15) is 5.56 Å². The molecule has 0 saturated heterocycles. The van der Waals surface area contributed by atoms with Gasteiger partial charge in [0.15, 0.2) is 0 Å². The predicted molar refractivity (Wildman–Crippen MR) is 75.2 cm³/mol. The second-order valence-corrected chi connectivity index (χ2v) is 5.84. The van der Waals surface area contributed by atoms with Crippen molar-refractivity contribution in [1.29, 1.82) is 0 Å². The Morgan fingerprint density at radius 3 is 2.30 bits per heavy atom. The van der Waals surface area contributed by atoms with Gasteiger partial charge >= 0.3 is 21.6 Å². The molecule has 0 unspecified atom stereocenters. The van der Waals surface area contributed by atoms with Crippen molar-refractivity contribution < 1.29 is 36.0 Å². The average molecular weight is 354 g/mol. The van der Waals surface area contributed by atoms with Gasteiger partial charge in [-0.1, -0.05) is 18.2 Å². The van der Waals surface area contributed by atoms with E-state index < -0.39 is 27.6 Å². The van der Waals surface area contributed by atoms with E-state index >= 15 is 0 Å². The molecule has 1 atom stereocenters. The van der Waals surface area contributed by atoms with Crippen molar-refractivity contribution in [3.05, 3.63) is 36.0 Å². The lowest BCUT2D eigenvalue weighted by atomic mass is 10.1. The SMILES string of the molecule is N[C@@H](Cc1c[nH]c2ccccc12)C(=O)O.O=S(=O)(O)C(F)(F)F. The van der Waals surface area contributed by atoms with Crippen LogP contribution < -0.4 is 5.73 Å². The molecule has 2 aromatic rings. The van der Waals surface area contributed by atoms with E-state index in [1.165, 1.54) is 0 Å². The molecular weight excluding hydrogens is 341 g/mol. The monoisotopic (exact) mass is 354 g/mol. The normalized spacial score (nSPS) is 13.3. The van der Waals surface area contributed by atoms with E-state index in [-0.39, 0.29) is 0 Å². The highest BCUT2D eigenvalue weighted by molar-refractivity contribution is 7.86. The molecule has 5 N–H and O–H groups in total. The van der Waals surface area contributed by atoms with Crippen molar-refractivity contribution in [2.75, 3.05) is 0 Å². The van der Waals surface area contributed by atoms with E-state index in [1.807, 2.05) is 30.5 Å². The highest BCUT2D eigenvalue weighted by Crippen LogP contribution is 2.20. The molecule has 7 nitrogen and oxygen atoms in total. The van der Waals surface area contributed by atoms with Gasteiger partial charge in [0, 0.05) is 23.5 Å². The van der Waals surface area contributed by atoms with Gasteiger partial charge in [-0.15, -0.1) is 0 Å². The third-order valence-electron chi connectivity index (χ3n) is 2.72. The van der Waals surface area contributed by atoms with Crippen molar-refractivity contribution in [3.8, 4) is 0 Å². The van der Waals surface area contributed by atoms with Crippen molar-refractivity contribution in [2.45, 2.75) is 18.0 Å². The first-order valence-corrected chi connectivity index (χ1v) is 7.44. The minimum absolute atomic E-state index is 0.347. The zero-order valence-electron chi connectivity index (χ0n) is 11.4. The molecule has 128 valence electrons. The Morgan fingerprint density at radius 1 is 1.30 bits per heavy atom. The molecule has 23 heavy (non-hydrogen) atoms. The maximum atomic E-state index is 10.7. The first kappa shape index (κ1) is 18.9. The van der Waals surface area contributed by atoms with Crippen molar-refractivity contribution in [1.82, 2.24) is 4.98 Å². The molecule has 11 heteroatoms. The summed E-state index contributed by atoms with van der Waals surface area (Å²) in [6, 6.07) is 6.91. The van der Waals surface area contributed by atoms with Crippen molar-refractivity contribution in [3.63, 3.8) is 0 Å².